The molecule has 120 valence electrons. The zero-order chi connectivity index (χ0) is 16.8. The van der Waals surface area contributed by atoms with Crippen LogP contribution in [-0.4, -0.2) is 18.1 Å². The van der Waals surface area contributed by atoms with Crippen molar-refractivity contribution < 1.29 is 9.53 Å². The molecule has 0 bridgehead atoms. The summed E-state index contributed by atoms with van der Waals surface area (Å²) in [4.78, 5) is 12.0. The van der Waals surface area contributed by atoms with Gasteiger partial charge in [-0.15, -0.1) is 0 Å². The molecule has 1 amide bonds. The molecule has 0 spiro atoms. The molecule has 2 aromatic carbocycles. The molecule has 0 heterocycles. The lowest BCUT2D eigenvalue weighted by molar-refractivity contribution is 0.0944. The largest absolute Gasteiger partial charge is 0.497 e. The summed E-state index contributed by atoms with van der Waals surface area (Å²) in [7, 11) is 1.59. The Labute approximate surface area is 148 Å². The summed E-state index contributed by atoms with van der Waals surface area (Å²) in [5.74, 6) is 0.352. The second-order valence-electron chi connectivity index (χ2n) is 4.39. The molecule has 5 nitrogen and oxygen atoms in total. The number of hydrazine groups is 1. The van der Waals surface area contributed by atoms with Crippen molar-refractivity contribution in [2.24, 2.45) is 0 Å². The molecule has 0 saturated carbocycles. The Morgan fingerprint density at radius 3 is 2.35 bits per heavy atom. The van der Waals surface area contributed by atoms with Gasteiger partial charge in [0.2, 0.25) is 0 Å². The van der Waals surface area contributed by atoms with Gasteiger partial charge >= 0.3 is 0 Å². The molecule has 0 aliphatic carbocycles. The second kappa shape index (κ2) is 8.01. The van der Waals surface area contributed by atoms with Crippen molar-refractivity contribution in [2.75, 3.05) is 12.4 Å². The molecule has 2 aromatic rings. The maximum atomic E-state index is 12.0. The fourth-order valence-electron chi connectivity index (χ4n) is 1.66. The zero-order valence-corrected chi connectivity index (χ0v) is 14.4. The molecule has 0 radical (unpaired) electrons. The van der Waals surface area contributed by atoms with Crippen LogP contribution in [0.2, 0.25) is 10.0 Å². The van der Waals surface area contributed by atoms with Crippen LogP contribution in [0.25, 0.3) is 0 Å². The van der Waals surface area contributed by atoms with Crippen LogP contribution in [0.3, 0.4) is 0 Å². The molecule has 0 fully saturated rings. The number of nitrogens with one attached hydrogen (secondary N) is 3. The topological polar surface area (TPSA) is 62.4 Å². The number of hydrogen-bond acceptors (Lipinski definition) is 3. The van der Waals surface area contributed by atoms with Gasteiger partial charge in [0.15, 0.2) is 5.11 Å². The van der Waals surface area contributed by atoms with Crippen molar-refractivity contribution in [3.05, 3.63) is 58.1 Å². The molecule has 2 rings (SSSR count). The minimum Gasteiger partial charge on any atom is -0.497 e. The molecule has 3 N–H and O–H groups in total. The number of carbonyl (C=O) groups excluding carboxylic acids is 1. The highest BCUT2D eigenvalue weighted by molar-refractivity contribution is 7.80. The smallest absolute Gasteiger partial charge is 0.269 e. The Morgan fingerprint density at radius 1 is 1.04 bits per heavy atom. The van der Waals surface area contributed by atoms with Crippen LogP contribution < -0.4 is 20.9 Å². The van der Waals surface area contributed by atoms with E-state index in [0.29, 0.717) is 15.6 Å². The van der Waals surface area contributed by atoms with E-state index in [4.69, 9.17) is 40.2 Å². The third kappa shape index (κ3) is 4.99. The van der Waals surface area contributed by atoms with Gasteiger partial charge in [-0.25, -0.2) is 0 Å². The van der Waals surface area contributed by atoms with Gasteiger partial charge in [0.25, 0.3) is 5.91 Å². The Morgan fingerprint density at radius 2 is 1.74 bits per heavy atom. The predicted octanol–water partition coefficient (Wildman–Crippen LogP) is 3.63. The lowest BCUT2D eigenvalue weighted by Crippen LogP contribution is -2.43. The van der Waals surface area contributed by atoms with E-state index in [1.165, 1.54) is 6.07 Å². The predicted molar refractivity (Wildman–Crippen MR) is 96.3 cm³/mol. The van der Waals surface area contributed by atoms with E-state index in [2.05, 4.69) is 16.2 Å². The highest BCUT2D eigenvalue weighted by Crippen LogP contribution is 2.22. The van der Waals surface area contributed by atoms with Gasteiger partial charge in [-0.05, 0) is 54.7 Å². The first-order valence-electron chi connectivity index (χ1n) is 6.46. The van der Waals surface area contributed by atoms with Crippen LogP contribution in [0.1, 0.15) is 10.4 Å². The first-order valence-corrected chi connectivity index (χ1v) is 7.62. The molecular formula is C15H13Cl2N3O2S. The molecule has 0 aliphatic heterocycles. The maximum Gasteiger partial charge on any atom is 0.269 e. The normalized spacial score (nSPS) is 9.87. The Hall–Kier alpha value is -2.02. The number of rotatable bonds is 3. The number of anilines is 1. The summed E-state index contributed by atoms with van der Waals surface area (Å²) in [6, 6.07) is 11.8. The zero-order valence-electron chi connectivity index (χ0n) is 12.0. The van der Waals surface area contributed by atoms with Crippen LogP contribution in [0.4, 0.5) is 5.69 Å². The van der Waals surface area contributed by atoms with Crippen molar-refractivity contribution in [3.8, 4) is 5.75 Å². The third-order valence-corrected chi connectivity index (χ3v) is 3.76. The summed E-state index contributed by atoms with van der Waals surface area (Å²) in [5.41, 5.74) is 6.19. The second-order valence-corrected chi connectivity index (χ2v) is 5.61. The van der Waals surface area contributed by atoms with E-state index in [-0.39, 0.29) is 11.0 Å². The molecule has 0 atom stereocenters. The van der Waals surface area contributed by atoms with Crippen molar-refractivity contribution in [1.82, 2.24) is 10.9 Å². The van der Waals surface area contributed by atoms with Crippen LogP contribution in [0, 0.1) is 0 Å². The van der Waals surface area contributed by atoms with Crippen molar-refractivity contribution in [3.63, 3.8) is 0 Å². The minimum absolute atomic E-state index is 0.239. The highest BCUT2D eigenvalue weighted by atomic mass is 35.5. The van der Waals surface area contributed by atoms with Gasteiger partial charge in [-0.3, -0.25) is 15.6 Å². The average Bonchev–Trinajstić information content (AvgIpc) is 2.56. The van der Waals surface area contributed by atoms with Gasteiger partial charge in [0.05, 0.1) is 17.2 Å². The van der Waals surface area contributed by atoms with Crippen molar-refractivity contribution in [2.45, 2.75) is 0 Å². The summed E-state index contributed by atoms with van der Waals surface area (Å²) >= 11 is 16.8. The molecule has 0 aliphatic rings. The van der Waals surface area contributed by atoms with E-state index in [0.717, 1.165) is 11.4 Å². The monoisotopic (exact) mass is 369 g/mol. The van der Waals surface area contributed by atoms with Gasteiger partial charge in [0, 0.05) is 11.3 Å². The van der Waals surface area contributed by atoms with E-state index >= 15 is 0 Å². The van der Waals surface area contributed by atoms with Crippen LogP contribution in [-0.2, 0) is 0 Å². The number of amides is 1. The fraction of sp³-hybridized carbons (Fsp3) is 0.0667. The average molecular weight is 370 g/mol. The standard InChI is InChI=1S/C15H13Cl2N3O2S/c1-22-11-5-3-10(4-6-11)18-15(23)20-19-14(21)9-2-7-12(16)13(17)8-9/h2-8H,1H3,(H,19,21)(H2,18,20,23). The minimum atomic E-state index is -0.387. The number of benzene rings is 2. The number of thiocarbonyl (C=S) groups is 1. The third-order valence-electron chi connectivity index (χ3n) is 2.82. The highest BCUT2D eigenvalue weighted by Gasteiger charge is 2.08. The lowest BCUT2D eigenvalue weighted by atomic mass is 10.2. The Balaban J connectivity index is 1.87. The van der Waals surface area contributed by atoms with E-state index in [9.17, 15) is 4.79 Å². The summed E-state index contributed by atoms with van der Waals surface area (Å²) in [5, 5.41) is 3.85. The van der Waals surface area contributed by atoms with E-state index < -0.39 is 0 Å². The quantitative estimate of drug-likeness (QED) is 0.569. The van der Waals surface area contributed by atoms with Gasteiger partial charge in [-0.1, -0.05) is 23.2 Å². The fourth-order valence-corrected chi connectivity index (χ4v) is 2.13. The van der Waals surface area contributed by atoms with Crippen molar-refractivity contribution in [1.29, 1.82) is 0 Å². The molecule has 23 heavy (non-hydrogen) atoms. The van der Waals surface area contributed by atoms with Crippen LogP contribution in [0.5, 0.6) is 5.75 Å². The molecule has 8 heteroatoms. The first-order chi connectivity index (χ1) is 11.0. The molecule has 0 saturated heterocycles. The lowest BCUT2D eigenvalue weighted by Gasteiger charge is -2.12. The first kappa shape index (κ1) is 17.3. The summed E-state index contributed by atoms with van der Waals surface area (Å²) in [6.45, 7) is 0. The van der Waals surface area contributed by atoms with Gasteiger partial charge in [0.1, 0.15) is 5.75 Å². The molecular weight excluding hydrogens is 357 g/mol. The SMILES string of the molecule is COc1ccc(NC(=S)NNC(=O)c2ccc(Cl)c(Cl)c2)cc1. The number of methoxy groups -OCH3 is 1. The number of hydrogen-bond donors (Lipinski definition) is 3. The molecule has 0 unspecified atom stereocenters. The maximum absolute atomic E-state index is 12.0. The number of carbonyl (C=O) groups is 1. The number of ether oxygens (including phenoxy) is 1. The molecule has 0 aromatic heterocycles. The summed E-state index contributed by atoms with van der Waals surface area (Å²) < 4.78 is 5.07. The van der Waals surface area contributed by atoms with Gasteiger partial charge < -0.3 is 10.1 Å². The summed E-state index contributed by atoms with van der Waals surface area (Å²) in [6.07, 6.45) is 0. The Kier molecular flexibility index (Phi) is 6.04. The van der Waals surface area contributed by atoms with Crippen LogP contribution >= 0.6 is 35.4 Å². The van der Waals surface area contributed by atoms with E-state index in [1.54, 1.807) is 43.5 Å². The Bertz CT molecular complexity index is 723. The van der Waals surface area contributed by atoms with Crippen molar-refractivity contribution >= 4 is 52.1 Å². The van der Waals surface area contributed by atoms with E-state index in [1.807, 2.05) is 0 Å². The van der Waals surface area contributed by atoms with Crippen LogP contribution in [0.15, 0.2) is 42.5 Å². The number of halogens is 2. The van der Waals surface area contributed by atoms with Gasteiger partial charge in [-0.2, -0.15) is 0 Å².